The third-order valence-corrected chi connectivity index (χ3v) is 3.31. The van der Waals surface area contributed by atoms with E-state index in [0.29, 0.717) is 10.7 Å². The minimum atomic E-state index is -0.351. The molecule has 0 aliphatic rings. The van der Waals surface area contributed by atoms with Crippen LogP contribution in [-0.4, -0.2) is 21.5 Å². The second-order valence-corrected chi connectivity index (χ2v) is 4.75. The first-order valence-electron chi connectivity index (χ1n) is 6.15. The summed E-state index contributed by atoms with van der Waals surface area (Å²) < 4.78 is 14.9. The van der Waals surface area contributed by atoms with Gasteiger partial charge in [0.15, 0.2) is 0 Å². The molecule has 0 saturated carbocycles. The molecule has 0 spiro atoms. The molecule has 0 aliphatic carbocycles. The second kappa shape index (κ2) is 5.67. The number of rotatable bonds is 4. The van der Waals surface area contributed by atoms with Crippen LogP contribution in [0, 0.1) is 12.7 Å². The summed E-state index contributed by atoms with van der Waals surface area (Å²) >= 11 is 6.08. The quantitative estimate of drug-likeness (QED) is 0.937. The summed E-state index contributed by atoms with van der Waals surface area (Å²) in [7, 11) is 0. The van der Waals surface area contributed by atoms with Crippen molar-refractivity contribution in [2.75, 3.05) is 6.54 Å². The molecule has 0 radical (unpaired) electrons. The van der Waals surface area contributed by atoms with Crippen LogP contribution in [0.1, 0.15) is 31.3 Å². The molecule has 102 valence electrons. The van der Waals surface area contributed by atoms with Gasteiger partial charge in [0.05, 0.1) is 22.4 Å². The Labute approximate surface area is 116 Å². The summed E-state index contributed by atoms with van der Waals surface area (Å²) in [6.45, 7) is 6.77. The maximum atomic E-state index is 13.3. The molecule has 2 aromatic rings. The highest BCUT2D eigenvalue weighted by Crippen LogP contribution is 2.24. The van der Waals surface area contributed by atoms with E-state index in [4.69, 9.17) is 11.6 Å². The SMILES string of the molecule is CCNC(C)c1nnn(-c2cc(F)ccc2Cl)c1C. The van der Waals surface area contributed by atoms with Crippen LogP contribution in [0.5, 0.6) is 0 Å². The molecule has 1 unspecified atom stereocenters. The third kappa shape index (κ3) is 2.77. The molecular weight excluding hydrogens is 267 g/mol. The van der Waals surface area contributed by atoms with Crippen LogP contribution < -0.4 is 5.32 Å². The number of aromatic nitrogens is 3. The van der Waals surface area contributed by atoms with E-state index in [2.05, 4.69) is 15.6 Å². The minimum absolute atomic E-state index is 0.0890. The molecule has 1 aromatic heterocycles. The van der Waals surface area contributed by atoms with Crippen LogP contribution in [0.3, 0.4) is 0 Å². The van der Waals surface area contributed by atoms with E-state index in [1.807, 2.05) is 20.8 Å². The molecule has 1 aromatic carbocycles. The van der Waals surface area contributed by atoms with Gasteiger partial charge in [0, 0.05) is 6.07 Å². The zero-order chi connectivity index (χ0) is 14.0. The summed E-state index contributed by atoms with van der Waals surface area (Å²) in [6, 6.07) is 4.28. The molecular formula is C13H16ClFN4. The number of nitrogens with zero attached hydrogens (tertiary/aromatic N) is 3. The summed E-state index contributed by atoms with van der Waals surface area (Å²) in [4.78, 5) is 0. The summed E-state index contributed by atoms with van der Waals surface area (Å²) in [5, 5.41) is 11.9. The average molecular weight is 283 g/mol. The first kappa shape index (κ1) is 14.0. The lowest BCUT2D eigenvalue weighted by atomic mass is 10.2. The predicted octanol–water partition coefficient (Wildman–Crippen LogP) is 3.04. The highest BCUT2D eigenvalue weighted by Gasteiger charge is 2.17. The van der Waals surface area contributed by atoms with E-state index >= 15 is 0 Å². The summed E-state index contributed by atoms with van der Waals surface area (Å²) in [5.41, 5.74) is 2.18. The molecule has 0 saturated heterocycles. The first-order valence-corrected chi connectivity index (χ1v) is 6.53. The topological polar surface area (TPSA) is 42.7 Å². The van der Waals surface area contributed by atoms with Gasteiger partial charge in [-0.15, -0.1) is 5.10 Å². The Balaban J connectivity index is 2.44. The Morgan fingerprint density at radius 2 is 2.21 bits per heavy atom. The van der Waals surface area contributed by atoms with E-state index in [1.54, 1.807) is 4.68 Å². The van der Waals surface area contributed by atoms with Crippen molar-refractivity contribution in [3.05, 3.63) is 40.4 Å². The smallest absolute Gasteiger partial charge is 0.125 e. The zero-order valence-corrected chi connectivity index (χ0v) is 11.9. The zero-order valence-electron chi connectivity index (χ0n) is 11.1. The molecule has 0 amide bonds. The Morgan fingerprint density at radius 1 is 1.47 bits per heavy atom. The highest BCUT2D eigenvalue weighted by molar-refractivity contribution is 6.32. The number of hydrogen-bond donors (Lipinski definition) is 1. The summed E-state index contributed by atoms with van der Waals surface area (Å²) in [6.07, 6.45) is 0. The van der Waals surface area contributed by atoms with E-state index in [9.17, 15) is 4.39 Å². The molecule has 1 heterocycles. The van der Waals surface area contributed by atoms with Crippen molar-refractivity contribution in [3.63, 3.8) is 0 Å². The fourth-order valence-electron chi connectivity index (χ4n) is 2.02. The molecule has 1 atom stereocenters. The van der Waals surface area contributed by atoms with Gasteiger partial charge in [-0.3, -0.25) is 0 Å². The van der Waals surface area contributed by atoms with E-state index in [1.165, 1.54) is 18.2 Å². The predicted molar refractivity (Wildman–Crippen MR) is 73.2 cm³/mol. The van der Waals surface area contributed by atoms with Crippen LogP contribution in [0.4, 0.5) is 4.39 Å². The maximum absolute atomic E-state index is 13.3. The number of nitrogens with one attached hydrogen (secondary N) is 1. The lowest BCUT2D eigenvalue weighted by Gasteiger charge is -2.11. The number of halogens is 2. The van der Waals surface area contributed by atoms with Gasteiger partial charge >= 0.3 is 0 Å². The molecule has 0 aliphatic heterocycles. The number of benzene rings is 1. The molecule has 0 bridgehead atoms. The summed E-state index contributed by atoms with van der Waals surface area (Å²) in [5.74, 6) is -0.351. The lowest BCUT2D eigenvalue weighted by molar-refractivity contribution is 0.579. The van der Waals surface area contributed by atoms with E-state index in [0.717, 1.165) is 17.9 Å². The molecule has 19 heavy (non-hydrogen) atoms. The monoisotopic (exact) mass is 282 g/mol. The Hall–Kier alpha value is -1.46. The van der Waals surface area contributed by atoms with Crippen LogP contribution in [-0.2, 0) is 0 Å². The van der Waals surface area contributed by atoms with Gasteiger partial charge < -0.3 is 5.32 Å². The highest BCUT2D eigenvalue weighted by atomic mass is 35.5. The molecule has 1 N–H and O–H groups in total. The van der Waals surface area contributed by atoms with Crippen molar-refractivity contribution in [2.45, 2.75) is 26.8 Å². The minimum Gasteiger partial charge on any atom is -0.309 e. The average Bonchev–Trinajstić information content (AvgIpc) is 2.74. The van der Waals surface area contributed by atoms with Gasteiger partial charge in [-0.2, -0.15) is 0 Å². The standard InChI is InChI=1S/C13H16ClFN4/c1-4-16-8(2)13-9(3)19(18-17-13)12-7-10(15)5-6-11(12)14/h5-8,16H,4H2,1-3H3. The van der Waals surface area contributed by atoms with Gasteiger partial charge in [0.25, 0.3) is 0 Å². The largest absolute Gasteiger partial charge is 0.309 e. The van der Waals surface area contributed by atoms with Crippen molar-refractivity contribution >= 4 is 11.6 Å². The molecule has 4 nitrogen and oxygen atoms in total. The van der Waals surface area contributed by atoms with E-state index in [-0.39, 0.29) is 11.9 Å². The lowest BCUT2D eigenvalue weighted by Crippen LogP contribution is -2.19. The molecule has 0 fully saturated rings. The van der Waals surface area contributed by atoms with Gasteiger partial charge in [-0.25, -0.2) is 9.07 Å². The maximum Gasteiger partial charge on any atom is 0.125 e. The van der Waals surface area contributed by atoms with Crippen molar-refractivity contribution < 1.29 is 4.39 Å². The Morgan fingerprint density at radius 3 is 2.89 bits per heavy atom. The van der Waals surface area contributed by atoms with Crippen molar-refractivity contribution in [1.29, 1.82) is 0 Å². The van der Waals surface area contributed by atoms with Gasteiger partial charge in [0.2, 0.25) is 0 Å². The van der Waals surface area contributed by atoms with Crippen LogP contribution in [0.2, 0.25) is 5.02 Å². The Kier molecular flexibility index (Phi) is 4.17. The van der Waals surface area contributed by atoms with Gasteiger partial charge in [-0.1, -0.05) is 23.7 Å². The van der Waals surface area contributed by atoms with E-state index < -0.39 is 0 Å². The fraction of sp³-hybridized carbons (Fsp3) is 0.385. The van der Waals surface area contributed by atoms with Gasteiger partial charge in [0.1, 0.15) is 11.5 Å². The number of hydrogen-bond acceptors (Lipinski definition) is 3. The van der Waals surface area contributed by atoms with Crippen molar-refractivity contribution in [3.8, 4) is 5.69 Å². The fourth-order valence-corrected chi connectivity index (χ4v) is 2.22. The third-order valence-electron chi connectivity index (χ3n) is 2.99. The van der Waals surface area contributed by atoms with Gasteiger partial charge in [-0.05, 0) is 32.5 Å². The van der Waals surface area contributed by atoms with Crippen molar-refractivity contribution in [1.82, 2.24) is 20.3 Å². The molecule has 2 rings (SSSR count). The normalized spacial score (nSPS) is 12.7. The molecule has 6 heteroatoms. The van der Waals surface area contributed by atoms with Crippen molar-refractivity contribution in [2.24, 2.45) is 0 Å². The van der Waals surface area contributed by atoms with Crippen LogP contribution >= 0.6 is 11.6 Å². The first-order chi connectivity index (χ1) is 9.04. The second-order valence-electron chi connectivity index (χ2n) is 4.35. The van der Waals surface area contributed by atoms with Crippen LogP contribution in [0.15, 0.2) is 18.2 Å². The Bertz CT molecular complexity index is 582. The van der Waals surface area contributed by atoms with Crippen LogP contribution in [0.25, 0.3) is 5.69 Å².